The summed E-state index contributed by atoms with van der Waals surface area (Å²) in [5, 5.41) is 13.6. The van der Waals surface area contributed by atoms with Crippen LogP contribution in [0.3, 0.4) is 0 Å². The second-order valence-corrected chi connectivity index (χ2v) is 5.73. The number of hydrogen-bond acceptors (Lipinski definition) is 6. The maximum atomic E-state index is 12.2. The Morgan fingerprint density at radius 3 is 2.59 bits per heavy atom. The van der Waals surface area contributed by atoms with E-state index in [2.05, 4.69) is 5.32 Å². The number of methoxy groups -OCH3 is 1. The minimum Gasteiger partial charge on any atom is -0.496 e. The number of carbonyl (C=O) groups excluding carboxylic acids is 2. The Balaban J connectivity index is 2.09. The second kappa shape index (κ2) is 8.79. The maximum Gasteiger partial charge on any atom is 0.342 e. The Kier molecular flexibility index (Phi) is 6.48. The van der Waals surface area contributed by atoms with Crippen molar-refractivity contribution in [2.45, 2.75) is 20.3 Å². The molecule has 0 spiro atoms. The van der Waals surface area contributed by atoms with E-state index in [9.17, 15) is 19.7 Å². The first-order chi connectivity index (χ1) is 12.9. The van der Waals surface area contributed by atoms with Crippen LogP contribution in [0.15, 0.2) is 36.4 Å². The number of aryl methyl sites for hydroxylation is 2. The van der Waals surface area contributed by atoms with Gasteiger partial charge in [0.05, 0.1) is 12.0 Å². The normalized spacial score (nSPS) is 10.2. The third kappa shape index (κ3) is 4.81. The minimum atomic E-state index is -0.883. The Bertz CT molecular complexity index is 878. The lowest BCUT2D eigenvalue weighted by Gasteiger charge is -2.13. The average Bonchev–Trinajstić information content (AvgIpc) is 2.66. The van der Waals surface area contributed by atoms with Gasteiger partial charge in [-0.25, -0.2) is 4.79 Å². The van der Waals surface area contributed by atoms with Crippen LogP contribution in [0.4, 0.5) is 11.4 Å². The highest BCUT2D eigenvalue weighted by Gasteiger charge is 2.20. The highest BCUT2D eigenvalue weighted by molar-refractivity contribution is 5.97. The number of nitro groups is 1. The molecule has 0 radical (unpaired) electrons. The molecule has 0 bridgehead atoms. The van der Waals surface area contributed by atoms with E-state index >= 15 is 0 Å². The Hall–Kier alpha value is -3.42. The Labute approximate surface area is 156 Å². The lowest BCUT2D eigenvalue weighted by molar-refractivity contribution is -0.384. The van der Waals surface area contributed by atoms with Gasteiger partial charge in [0, 0.05) is 17.8 Å². The number of esters is 1. The van der Waals surface area contributed by atoms with E-state index in [1.807, 2.05) is 32.0 Å². The summed E-state index contributed by atoms with van der Waals surface area (Å²) < 4.78 is 10.0. The van der Waals surface area contributed by atoms with Crippen LogP contribution in [0, 0.1) is 17.0 Å². The SMILES string of the molecule is CCc1cccc(C)c1NC(=O)COC(=O)c1cc([N+](=O)[O-])ccc1OC. The number of nitrogens with zero attached hydrogens (tertiary/aromatic N) is 1. The number of amides is 1. The fourth-order valence-corrected chi connectivity index (χ4v) is 2.56. The molecule has 0 aliphatic rings. The fourth-order valence-electron chi connectivity index (χ4n) is 2.56. The molecule has 2 aromatic carbocycles. The molecule has 0 heterocycles. The van der Waals surface area contributed by atoms with Crippen LogP contribution in [-0.4, -0.2) is 30.5 Å². The number of nitro benzene ring substituents is 1. The number of para-hydroxylation sites is 1. The average molecular weight is 372 g/mol. The summed E-state index contributed by atoms with van der Waals surface area (Å²) in [6.45, 7) is 3.32. The molecule has 8 heteroatoms. The quantitative estimate of drug-likeness (QED) is 0.454. The summed E-state index contributed by atoms with van der Waals surface area (Å²) in [7, 11) is 1.33. The molecule has 0 saturated carbocycles. The zero-order valence-corrected chi connectivity index (χ0v) is 15.3. The molecule has 0 fully saturated rings. The van der Waals surface area contributed by atoms with E-state index in [-0.39, 0.29) is 17.0 Å². The number of anilines is 1. The van der Waals surface area contributed by atoms with Gasteiger partial charge in [0.25, 0.3) is 11.6 Å². The third-order valence-corrected chi connectivity index (χ3v) is 3.95. The van der Waals surface area contributed by atoms with Gasteiger partial charge in [0.2, 0.25) is 0 Å². The van der Waals surface area contributed by atoms with Crippen molar-refractivity contribution in [1.29, 1.82) is 0 Å². The van der Waals surface area contributed by atoms with Crippen LogP contribution >= 0.6 is 0 Å². The minimum absolute atomic E-state index is 0.121. The standard InChI is InChI=1S/C19H20N2O6/c1-4-13-7-5-6-12(2)18(13)20-17(22)11-27-19(23)15-10-14(21(24)25)8-9-16(15)26-3/h5-10H,4,11H2,1-3H3,(H,20,22). The lowest BCUT2D eigenvalue weighted by atomic mass is 10.1. The molecule has 0 saturated heterocycles. The van der Waals surface area contributed by atoms with Crippen molar-refractivity contribution in [2.24, 2.45) is 0 Å². The third-order valence-electron chi connectivity index (χ3n) is 3.95. The van der Waals surface area contributed by atoms with Crippen molar-refractivity contribution in [3.63, 3.8) is 0 Å². The van der Waals surface area contributed by atoms with Gasteiger partial charge in [-0.15, -0.1) is 0 Å². The molecule has 27 heavy (non-hydrogen) atoms. The van der Waals surface area contributed by atoms with Crippen molar-refractivity contribution in [3.8, 4) is 5.75 Å². The zero-order chi connectivity index (χ0) is 20.0. The van der Waals surface area contributed by atoms with Crippen LogP contribution in [-0.2, 0) is 16.0 Å². The van der Waals surface area contributed by atoms with Crippen LogP contribution < -0.4 is 10.1 Å². The molecule has 2 rings (SSSR count). The number of non-ortho nitro benzene ring substituents is 1. The fraction of sp³-hybridized carbons (Fsp3) is 0.263. The summed E-state index contributed by atoms with van der Waals surface area (Å²) in [4.78, 5) is 34.7. The van der Waals surface area contributed by atoms with Crippen molar-refractivity contribution in [1.82, 2.24) is 0 Å². The monoisotopic (exact) mass is 372 g/mol. The van der Waals surface area contributed by atoms with Crippen LogP contribution in [0.2, 0.25) is 0 Å². The van der Waals surface area contributed by atoms with Gasteiger partial charge < -0.3 is 14.8 Å². The van der Waals surface area contributed by atoms with Gasteiger partial charge in [-0.3, -0.25) is 14.9 Å². The van der Waals surface area contributed by atoms with Crippen LogP contribution in [0.25, 0.3) is 0 Å². The predicted molar refractivity (Wildman–Crippen MR) is 99.1 cm³/mol. The van der Waals surface area contributed by atoms with Gasteiger partial charge in [0.15, 0.2) is 6.61 Å². The van der Waals surface area contributed by atoms with Crippen molar-refractivity contribution in [3.05, 3.63) is 63.2 Å². The largest absolute Gasteiger partial charge is 0.496 e. The molecule has 0 atom stereocenters. The first-order valence-corrected chi connectivity index (χ1v) is 8.25. The van der Waals surface area contributed by atoms with Crippen LogP contribution in [0.5, 0.6) is 5.75 Å². The van der Waals surface area contributed by atoms with Crippen molar-refractivity contribution >= 4 is 23.3 Å². The molecule has 0 aromatic heterocycles. The highest BCUT2D eigenvalue weighted by atomic mass is 16.6. The van der Waals surface area contributed by atoms with E-state index < -0.39 is 23.4 Å². The van der Waals surface area contributed by atoms with Gasteiger partial charge in [-0.1, -0.05) is 25.1 Å². The molecule has 1 amide bonds. The summed E-state index contributed by atoms with van der Waals surface area (Å²) >= 11 is 0. The summed E-state index contributed by atoms with van der Waals surface area (Å²) in [6.07, 6.45) is 0.738. The van der Waals surface area contributed by atoms with Crippen LogP contribution in [0.1, 0.15) is 28.4 Å². The summed E-state index contributed by atoms with van der Waals surface area (Å²) in [5.41, 5.74) is 2.16. The lowest BCUT2D eigenvalue weighted by Crippen LogP contribution is -2.22. The second-order valence-electron chi connectivity index (χ2n) is 5.73. The molecule has 1 N–H and O–H groups in total. The summed E-state index contributed by atoms with van der Waals surface area (Å²) in [6, 6.07) is 9.24. The van der Waals surface area contributed by atoms with Gasteiger partial charge in [-0.05, 0) is 30.5 Å². The zero-order valence-electron chi connectivity index (χ0n) is 15.3. The predicted octanol–water partition coefficient (Wildman–Crippen LogP) is 3.27. The Morgan fingerprint density at radius 2 is 1.96 bits per heavy atom. The topological polar surface area (TPSA) is 108 Å². The molecule has 142 valence electrons. The molecular weight excluding hydrogens is 352 g/mol. The summed E-state index contributed by atoms with van der Waals surface area (Å²) in [5.74, 6) is -1.26. The van der Waals surface area contributed by atoms with E-state index in [1.54, 1.807) is 0 Å². The number of benzene rings is 2. The molecule has 8 nitrogen and oxygen atoms in total. The molecule has 0 unspecified atom stereocenters. The molecule has 0 aliphatic heterocycles. The number of carbonyl (C=O) groups is 2. The van der Waals surface area contributed by atoms with Crippen molar-refractivity contribution in [2.75, 3.05) is 19.0 Å². The maximum absolute atomic E-state index is 12.2. The molecule has 2 aromatic rings. The molecular formula is C19H20N2O6. The smallest absolute Gasteiger partial charge is 0.342 e. The highest BCUT2D eigenvalue weighted by Crippen LogP contribution is 2.25. The number of hydrogen-bond donors (Lipinski definition) is 1. The van der Waals surface area contributed by atoms with E-state index in [0.717, 1.165) is 23.6 Å². The van der Waals surface area contributed by atoms with Gasteiger partial charge in [-0.2, -0.15) is 0 Å². The first-order valence-electron chi connectivity index (χ1n) is 8.25. The van der Waals surface area contributed by atoms with Crippen molar-refractivity contribution < 1.29 is 24.0 Å². The number of ether oxygens (including phenoxy) is 2. The van der Waals surface area contributed by atoms with E-state index in [4.69, 9.17) is 9.47 Å². The number of rotatable bonds is 7. The first kappa shape index (κ1) is 19.9. The Morgan fingerprint density at radius 1 is 1.22 bits per heavy atom. The number of nitrogens with one attached hydrogen (secondary N) is 1. The van der Waals surface area contributed by atoms with Gasteiger partial charge >= 0.3 is 5.97 Å². The van der Waals surface area contributed by atoms with E-state index in [1.165, 1.54) is 19.2 Å². The van der Waals surface area contributed by atoms with Gasteiger partial charge in [0.1, 0.15) is 11.3 Å². The molecule has 0 aliphatic carbocycles. The van der Waals surface area contributed by atoms with E-state index in [0.29, 0.717) is 5.69 Å².